The van der Waals surface area contributed by atoms with Gasteiger partial charge in [0.1, 0.15) is 0 Å². The predicted molar refractivity (Wildman–Crippen MR) is 135 cm³/mol. The summed E-state index contributed by atoms with van der Waals surface area (Å²) in [6, 6.07) is 1.60. The van der Waals surface area contributed by atoms with Crippen molar-refractivity contribution in [3.05, 3.63) is 14.9 Å². The molecule has 0 saturated heterocycles. The van der Waals surface area contributed by atoms with Crippen LogP contribution in [-0.2, 0) is 20.8 Å². The van der Waals surface area contributed by atoms with Crippen LogP contribution in [0.1, 0.15) is 80.1 Å². The van der Waals surface area contributed by atoms with Crippen LogP contribution in [0.4, 0.5) is 0 Å². The van der Waals surface area contributed by atoms with Crippen molar-refractivity contribution in [2.45, 2.75) is 104 Å². The Labute approximate surface area is 204 Å². The van der Waals surface area contributed by atoms with Gasteiger partial charge in [0, 0.05) is 0 Å². The molecule has 0 spiro atoms. The Balaban J connectivity index is 0.00000148. The van der Waals surface area contributed by atoms with E-state index in [1.165, 1.54) is 12.8 Å². The number of hydrogen-bond acceptors (Lipinski definition) is 0. The van der Waals surface area contributed by atoms with Gasteiger partial charge in [-0.05, 0) is 52.5 Å². The van der Waals surface area contributed by atoms with E-state index in [-0.39, 0.29) is 14.9 Å². The van der Waals surface area contributed by atoms with Crippen molar-refractivity contribution in [2.24, 2.45) is 41.4 Å². The van der Waals surface area contributed by atoms with E-state index in [9.17, 15) is 0 Å². The minimum absolute atomic E-state index is 0. The fraction of sp³-hybridized carbons (Fsp3) is 0.920. The van der Waals surface area contributed by atoms with Crippen molar-refractivity contribution in [1.29, 1.82) is 0 Å². The van der Waals surface area contributed by atoms with Crippen LogP contribution >= 0.6 is 17.0 Å². The number of fused-ring (bicyclic) bond motifs is 1. The zero-order valence-corrected chi connectivity index (χ0v) is 25.9. The van der Waals surface area contributed by atoms with Gasteiger partial charge in [-0.25, -0.2) is 0 Å². The Morgan fingerprint density at radius 2 is 1.31 bits per heavy atom. The Kier molecular flexibility index (Phi) is 14.2. The van der Waals surface area contributed by atoms with Crippen LogP contribution in [0.2, 0.25) is 23.7 Å². The van der Waals surface area contributed by atoms with E-state index in [1.54, 1.807) is 31.7 Å². The third kappa shape index (κ3) is 6.60. The molecule has 0 amide bonds. The standard InChI is InChI=1S/C23H44Si.2CH3.2ClH.Zr/c1-15(2)14-24(7,23-18(5)16(3)17(4)19(23)6)22-13-12-20-10-8-9-11-21(20)22;;;;;/h15-23H,8-14H2,1-7H3;2*1H3;2*1H;/q;2*-1;;;+4/p-2. The summed E-state index contributed by atoms with van der Waals surface area (Å²) in [4.78, 5) is 0. The van der Waals surface area contributed by atoms with Gasteiger partial charge < -0.3 is 14.9 Å². The van der Waals surface area contributed by atoms with Gasteiger partial charge in [0.15, 0.2) is 0 Å². The first-order valence-electron chi connectivity index (χ1n) is 11.6. The summed E-state index contributed by atoms with van der Waals surface area (Å²) in [7, 11) is 8.60. The summed E-state index contributed by atoms with van der Waals surface area (Å²) >= 11 is -0.826. The van der Waals surface area contributed by atoms with Crippen molar-refractivity contribution in [3.63, 3.8) is 0 Å². The van der Waals surface area contributed by atoms with Gasteiger partial charge in [0.05, 0.1) is 8.07 Å². The second kappa shape index (κ2) is 13.4. The molecule has 0 bridgehead atoms. The molecular formula is C25H50Cl2SiZr. The Morgan fingerprint density at radius 1 is 0.828 bits per heavy atom. The maximum atomic E-state index is 4.93. The van der Waals surface area contributed by atoms with Crippen LogP contribution in [0.3, 0.4) is 0 Å². The van der Waals surface area contributed by atoms with Crippen molar-refractivity contribution in [2.75, 3.05) is 0 Å². The topological polar surface area (TPSA) is 0 Å². The fourth-order valence-corrected chi connectivity index (χ4v) is 16.3. The molecule has 3 rings (SSSR count). The number of hydrogen-bond donors (Lipinski definition) is 0. The Hall–Kier alpha value is 1.68. The molecule has 8 atom stereocenters. The molecule has 0 aliphatic heterocycles. The summed E-state index contributed by atoms with van der Waals surface area (Å²) in [6.07, 6.45) is 9.39. The van der Waals surface area contributed by atoms with Gasteiger partial charge in [-0.15, -0.1) is 0 Å². The molecule has 0 aromatic rings. The zero-order chi connectivity index (χ0) is 20.4. The van der Waals surface area contributed by atoms with E-state index in [1.807, 2.05) is 0 Å². The van der Waals surface area contributed by atoms with Crippen LogP contribution in [0.5, 0.6) is 0 Å². The van der Waals surface area contributed by atoms with E-state index in [4.69, 9.17) is 17.0 Å². The van der Waals surface area contributed by atoms with Crippen molar-refractivity contribution < 1.29 is 20.8 Å². The number of rotatable bonds is 4. The second-order valence-electron chi connectivity index (χ2n) is 11.0. The van der Waals surface area contributed by atoms with E-state index in [2.05, 4.69) is 48.1 Å². The quantitative estimate of drug-likeness (QED) is 0.246. The van der Waals surface area contributed by atoms with E-state index in [0.29, 0.717) is 0 Å². The SMILES string of the molecule is CC(C)C[Si](C)(C1CCC2CCCCC21)C1C(C)C(C)C(C)C1C.[CH3-].[CH3-].[Cl][Zr+2][Cl]. The molecule has 0 aromatic carbocycles. The zero-order valence-electron chi connectivity index (χ0n) is 20.9. The second-order valence-corrected chi connectivity index (χ2v) is 19.6. The summed E-state index contributed by atoms with van der Waals surface area (Å²) in [5.41, 5.74) is 2.23. The fourth-order valence-electron chi connectivity index (χ4n) is 8.26. The molecule has 3 saturated carbocycles. The van der Waals surface area contributed by atoms with E-state index < -0.39 is 28.9 Å². The molecule has 0 nitrogen and oxygen atoms in total. The van der Waals surface area contributed by atoms with Gasteiger partial charge in [-0.3, -0.25) is 0 Å². The van der Waals surface area contributed by atoms with Crippen LogP contribution < -0.4 is 0 Å². The minimum atomic E-state index is -1.26. The molecule has 3 aliphatic rings. The third-order valence-corrected chi connectivity index (χ3v) is 16.1. The summed E-state index contributed by atoms with van der Waals surface area (Å²) < 4.78 is 0. The first-order chi connectivity index (χ1) is 12.7. The molecule has 4 heteroatoms. The number of halogens is 2. The molecule has 172 valence electrons. The van der Waals surface area contributed by atoms with E-state index >= 15 is 0 Å². The molecule has 0 N–H and O–H groups in total. The molecular weight excluding hydrogens is 490 g/mol. The van der Waals surface area contributed by atoms with Crippen LogP contribution in [0.25, 0.3) is 0 Å². The van der Waals surface area contributed by atoms with Gasteiger partial charge in [-0.2, -0.15) is 0 Å². The van der Waals surface area contributed by atoms with Gasteiger partial charge in [0.2, 0.25) is 0 Å². The molecule has 3 fully saturated rings. The predicted octanol–water partition coefficient (Wildman–Crippen LogP) is 9.90. The van der Waals surface area contributed by atoms with Crippen LogP contribution in [-0.4, -0.2) is 8.07 Å². The molecule has 0 radical (unpaired) electrons. The van der Waals surface area contributed by atoms with Gasteiger partial charge in [0.25, 0.3) is 0 Å². The van der Waals surface area contributed by atoms with Crippen molar-refractivity contribution in [3.8, 4) is 0 Å². The monoisotopic (exact) mass is 538 g/mol. The normalized spacial score (nSPS) is 40.5. The van der Waals surface area contributed by atoms with Crippen LogP contribution in [0, 0.1) is 56.3 Å². The van der Waals surface area contributed by atoms with Crippen molar-refractivity contribution in [1.82, 2.24) is 0 Å². The first-order valence-corrected chi connectivity index (χ1v) is 20.8. The van der Waals surface area contributed by atoms with Crippen molar-refractivity contribution >= 4 is 25.1 Å². The molecule has 0 aromatic heterocycles. The average molecular weight is 541 g/mol. The Morgan fingerprint density at radius 3 is 1.79 bits per heavy atom. The van der Waals surface area contributed by atoms with Crippen LogP contribution in [0.15, 0.2) is 0 Å². The Bertz CT molecular complexity index is 446. The maximum absolute atomic E-state index is 4.93. The van der Waals surface area contributed by atoms with Gasteiger partial charge in [-0.1, -0.05) is 92.7 Å². The summed E-state index contributed by atoms with van der Waals surface area (Å²) in [6.45, 7) is 18.3. The average Bonchev–Trinajstić information content (AvgIpc) is 3.12. The van der Waals surface area contributed by atoms with E-state index in [0.717, 1.165) is 52.5 Å². The molecule has 29 heavy (non-hydrogen) atoms. The molecule has 0 heterocycles. The summed E-state index contributed by atoms with van der Waals surface area (Å²) in [5, 5.41) is 0. The molecule has 8 unspecified atom stereocenters. The summed E-state index contributed by atoms with van der Waals surface area (Å²) in [5.74, 6) is 6.94. The first kappa shape index (κ1) is 30.7. The third-order valence-electron chi connectivity index (χ3n) is 9.41. The molecule has 3 aliphatic carbocycles. The van der Waals surface area contributed by atoms with Gasteiger partial charge >= 0.3 is 37.9 Å².